The molecule has 0 amide bonds. The SMILES string of the molecule is Cn1c(C2CCN(c3nc4c(c(NC5CCOCC5)n3)[S+]([O-])CC4)CC2)nc2cnccc21. The predicted molar refractivity (Wildman–Crippen MR) is 127 cm³/mol. The van der Waals surface area contributed by atoms with Crippen molar-refractivity contribution in [1.82, 2.24) is 24.5 Å². The van der Waals surface area contributed by atoms with Crippen LogP contribution in [-0.2, 0) is 29.4 Å². The Labute approximate surface area is 196 Å². The summed E-state index contributed by atoms with van der Waals surface area (Å²) < 4.78 is 20.4. The molecule has 3 aliphatic heterocycles. The van der Waals surface area contributed by atoms with Gasteiger partial charge in [-0.15, -0.1) is 0 Å². The van der Waals surface area contributed by atoms with Crippen molar-refractivity contribution in [3.05, 3.63) is 30.0 Å². The highest BCUT2D eigenvalue weighted by molar-refractivity contribution is 7.91. The van der Waals surface area contributed by atoms with Crippen LogP contribution in [0.15, 0.2) is 23.4 Å². The molecule has 6 heterocycles. The van der Waals surface area contributed by atoms with E-state index in [0.717, 1.165) is 97.6 Å². The first-order chi connectivity index (χ1) is 16.2. The first-order valence-electron chi connectivity index (χ1n) is 11.8. The van der Waals surface area contributed by atoms with Crippen LogP contribution in [0.3, 0.4) is 0 Å². The maximum absolute atomic E-state index is 12.7. The third-order valence-electron chi connectivity index (χ3n) is 7.10. The lowest BCUT2D eigenvalue weighted by Gasteiger charge is -2.32. The summed E-state index contributed by atoms with van der Waals surface area (Å²) in [6.07, 6.45) is 8.30. The number of rotatable bonds is 4. The average Bonchev–Trinajstić information content (AvgIpc) is 3.40. The van der Waals surface area contributed by atoms with E-state index in [9.17, 15) is 4.55 Å². The van der Waals surface area contributed by atoms with Crippen molar-refractivity contribution >= 4 is 34.0 Å². The molecule has 0 spiro atoms. The van der Waals surface area contributed by atoms with Crippen molar-refractivity contribution in [2.75, 3.05) is 42.3 Å². The maximum Gasteiger partial charge on any atom is 0.227 e. The molecule has 1 N–H and O–H groups in total. The zero-order valence-electron chi connectivity index (χ0n) is 18.9. The zero-order valence-corrected chi connectivity index (χ0v) is 19.7. The number of hydrogen-bond acceptors (Lipinski definition) is 8. The van der Waals surface area contributed by atoms with Crippen LogP contribution in [0.4, 0.5) is 11.8 Å². The van der Waals surface area contributed by atoms with Crippen LogP contribution in [-0.4, -0.2) is 67.2 Å². The predicted octanol–water partition coefficient (Wildman–Crippen LogP) is 2.40. The Kier molecular flexibility index (Phi) is 5.59. The Morgan fingerprint density at radius 2 is 1.94 bits per heavy atom. The van der Waals surface area contributed by atoms with Gasteiger partial charge in [-0.3, -0.25) is 4.98 Å². The first kappa shape index (κ1) is 21.1. The molecule has 174 valence electrons. The minimum Gasteiger partial charge on any atom is -0.611 e. The number of pyridine rings is 1. The molecule has 1 unspecified atom stereocenters. The number of nitrogens with one attached hydrogen (secondary N) is 1. The summed E-state index contributed by atoms with van der Waals surface area (Å²) in [7, 11) is 2.09. The molecule has 0 radical (unpaired) electrons. The molecule has 3 aromatic rings. The number of imidazole rings is 1. The normalized spacial score (nSPS) is 22.1. The molecule has 3 aromatic heterocycles. The number of ether oxygens (including phenoxy) is 1. The topological polar surface area (TPSA) is 104 Å². The molecule has 2 saturated heterocycles. The van der Waals surface area contributed by atoms with E-state index in [1.54, 1.807) is 0 Å². The van der Waals surface area contributed by atoms with Gasteiger partial charge in [-0.1, -0.05) is 0 Å². The summed E-state index contributed by atoms with van der Waals surface area (Å²) in [5.41, 5.74) is 3.02. The molecule has 10 heteroatoms. The summed E-state index contributed by atoms with van der Waals surface area (Å²) in [5.74, 6) is 3.70. The zero-order chi connectivity index (χ0) is 22.4. The van der Waals surface area contributed by atoms with Gasteiger partial charge in [-0.25, -0.2) is 9.97 Å². The number of piperidine rings is 1. The molecule has 0 bridgehead atoms. The van der Waals surface area contributed by atoms with Gasteiger partial charge in [0.1, 0.15) is 22.8 Å². The summed E-state index contributed by atoms with van der Waals surface area (Å²) in [4.78, 5) is 21.9. The minimum atomic E-state index is -1.02. The molecule has 33 heavy (non-hydrogen) atoms. The maximum atomic E-state index is 12.7. The van der Waals surface area contributed by atoms with Crippen molar-refractivity contribution in [3.63, 3.8) is 0 Å². The number of aromatic nitrogens is 5. The van der Waals surface area contributed by atoms with Gasteiger partial charge in [0, 0.05) is 57.9 Å². The van der Waals surface area contributed by atoms with Gasteiger partial charge < -0.3 is 24.1 Å². The van der Waals surface area contributed by atoms with Crippen LogP contribution < -0.4 is 10.2 Å². The fraction of sp³-hybridized carbons (Fsp3) is 0.565. The second-order valence-corrected chi connectivity index (χ2v) is 10.6. The van der Waals surface area contributed by atoms with Gasteiger partial charge in [0.25, 0.3) is 0 Å². The van der Waals surface area contributed by atoms with E-state index in [1.807, 2.05) is 18.5 Å². The summed E-state index contributed by atoms with van der Waals surface area (Å²) in [6, 6.07) is 2.33. The van der Waals surface area contributed by atoms with Gasteiger partial charge >= 0.3 is 0 Å². The Balaban J connectivity index is 1.22. The molecule has 6 rings (SSSR count). The van der Waals surface area contributed by atoms with Gasteiger partial charge in [0.2, 0.25) is 10.8 Å². The Bertz CT molecular complexity index is 1160. The van der Waals surface area contributed by atoms with Crippen molar-refractivity contribution in [2.24, 2.45) is 7.05 Å². The molecule has 1 atom stereocenters. The van der Waals surface area contributed by atoms with Crippen LogP contribution in [0.25, 0.3) is 11.0 Å². The van der Waals surface area contributed by atoms with Gasteiger partial charge in [0.15, 0.2) is 5.82 Å². The summed E-state index contributed by atoms with van der Waals surface area (Å²) in [6.45, 7) is 3.27. The highest BCUT2D eigenvalue weighted by atomic mass is 32.2. The van der Waals surface area contributed by atoms with E-state index in [1.165, 1.54) is 0 Å². The van der Waals surface area contributed by atoms with E-state index >= 15 is 0 Å². The molecule has 0 aromatic carbocycles. The number of nitrogens with zero attached hydrogens (tertiary/aromatic N) is 6. The van der Waals surface area contributed by atoms with E-state index in [4.69, 9.17) is 19.7 Å². The Hall–Kier alpha value is -2.43. The number of aryl methyl sites for hydroxylation is 2. The molecule has 3 aliphatic rings. The highest BCUT2D eigenvalue weighted by Gasteiger charge is 2.34. The summed E-state index contributed by atoms with van der Waals surface area (Å²) >= 11 is -1.02. The largest absolute Gasteiger partial charge is 0.611 e. The second kappa shape index (κ2) is 8.73. The van der Waals surface area contributed by atoms with Gasteiger partial charge in [-0.05, 0) is 42.9 Å². The monoisotopic (exact) mass is 467 g/mol. The van der Waals surface area contributed by atoms with E-state index in [2.05, 4.69) is 26.8 Å². The Morgan fingerprint density at radius 3 is 2.73 bits per heavy atom. The van der Waals surface area contributed by atoms with Gasteiger partial charge in [0.05, 0.1) is 11.7 Å². The fourth-order valence-corrected chi connectivity index (χ4v) is 6.55. The van der Waals surface area contributed by atoms with E-state index < -0.39 is 11.2 Å². The number of anilines is 2. The standard InChI is InChI=1S/C23H29N7O2S/c1-29-19-2-8-24-14-18(19)26-22(29)15-3-9-30(10-4-15)23-27-17-7-13-33(31)20(17)21(28-23)25-16-5-11-32-12-6-16/h2,8,14-16H,3-7,9-13H2,1H3,(H,25,27,28). The van der Waals surface area contributed by atoms with Crippen LogP contribution >= 0.6 is 0 Å². The molecular formula is C23H29N7O2S. The Morgan fingerprint density at radius 1 is 1.12 bits per heavy atom. The average molecular weight is 468 g/mol. The van der Waals surface area contributed by atoms with Crippen LogP contribution in [0.2, 0.25) is 0 Å². The lowest BCUT2D eigenvalue weighted by molar-refractivity contribution is 0.0903. The van der Waals surface area contributed by atoms with Crippen LogP contribution in [0, 0.1) is 0 Å². The molecule has 9 nitrogen and oxygen atoms in total. The third kappa shape index (κ3) is 3.94. The van der Waals surface area contributed by atoms with Crippen molar-refractivity contribution in [2.45, 2.75) is 49.0 Å². The number of fused-ring (bicyclic) bond motifs is 2. The van der Waals surface area contributed by atoms with Crippen molar-refractivity contribution < 1.29 is 9.29 Å². The smallest absolute Gasteiger partial charge is 0.227 e. The second-order valence-electron chi connectivity index (χ2n) is 9.13. The van der Waals surface area contributed by atoms with E-state index in [0.29, 0.717) is 17.7 Å². The molecule has 0 aliphatic carbocycles. The van der Waals surface area contributed by atoms with Crippen LogP contribution in [0.1, 0.15) is 43.1 Å². The van der Waals surface area contributed by atoms with Crippen molar-refractivity contribution in [1.29, 1.82) is 0 Å². The minimum absolute atomic E-state index is 0.306. The number of hydrogen-bond donors (Lipinski definition) is 1. The lowest BCUT2D eigenvalue weighted by atomic mass is 9.96. The summed E-state index contributed by atoms with van der Waals surface area (Å²) in [5, 5.41) is 3.58. The lowest BCUT2D eigenvalue weighted by Crippen LogP contribution is -2.35. The van der Waals surface area contributed by atoms with Crippen molar-refractivity contribution in [3.8, 4) is 0 Å². The first-order valence-corrected chi connectivity index (χ1v) is 13.1. The fourth-order valence-electron chi connectivity index (χ4n) is 5.23. The quantitative estimate of drug-likeness (QED) is 0.584. The molecular weight excluding hydrogens is 438 g/mol. The van der Waals surface area contributed by atoms with Crippen LogP contribution in [0.5, 0.6) is 0 Å². The van der Waals surface area contributed by atoms with Gasteiger partial charge in [-0.2, -0.15) is 4.98 Å². The molecule has 2 fully saturated rings. The van der Waals surface area contributed by atoms with E-state index in [-0.39, 0.29) is 0 Å². The molecule has 0 saturated carbocycles. The third-order valence-corrected chi connectivity index (χ3v) is 8.56. The highest BCUT2D eigenvalue weighted by Crippen LogP contribution is 2.35.